The first-order valence-corrected chi connectivity index (χ1v) is 6.87. The van der Waals surface area contributed by atoms with E-state index in [0.717, 1.165) is 29.8 Å². The number of nitrogens with one attached hydrogen (secondary N) is 1. The average molecular weight is 266 g/mol. The Morgan fingerprint density at radius 1 is 1.15 bits per heavy atom. The third kappa shape index (κ3) is 2.39. The number of fused-ring (bicyclic) bond motifs is 1. The maximum atomic E-state index is 12.3. The van der Waals surface area contributed by atoms with Gasteiger partial charge in [0.15, 0.2) is 0 Å². The van der Waals surface area contributed by atoms with Crippen LogP contribution < -0.4 is 11.1 Å². The molecule has 0 saturated heterocycles. The molecule has 0 atom stereocenters. The lowest BCUT2D eigenvalue weighted by Gasteiger charge is -2.11. The molecule has 2 aromatic rings. The number of nitrogens with two attached hydrogens (primary N) is 1. The van der Waals surface area contributed by atoms with Gasteiger partial charge in [-0.2, -0.15) is 0 Å². The van der Waals surface area contributed by atoms with Crippen molar-refractivity contribution in [1.82, 2.24) is 0 Å². The van der Waals surface area contributed by atoms with Crippen molar-refractivity contribution in [1.29, 1.82) is 0 Å². The summed E-state index contributed by atoms with van der Waals surface area (Å²) in [5.74, 6) is 0.121. The number of amides is 1. The second kappa shape index (κ2) is 5.00. The molecule has 0 bridgehead atoms. The third-order valence-corrected chi connectivity index (χ3v) is 3.96. The van der Waals surface area contributed by atoms with E-state index in [-0.39, 0.29) is 11.8 Å². The van der Waals surface area contributed by atoms with Crippen molar-refractivity contribution < 1.29 is 4.79 Å². The minimum absolute atomic E-state index is 0.0326. The normalized spacial score (nSPS) is 14.1. The zero-order chi connectivity index (χ0) is 14.1. The molecule has 0 heterocycles. The van der Waals surface area contributed by atoms with Gasteiger partial charge >= 0.3 is 0 Å². The van der Waals surface area contributed by atoms with E-state index in [4.69, 9.17) is 5.73 Å². The molecule has 0 unspecified atom stereocenters. The molecule has 0 fully saturated rings. The van der Waals surface area contributed by atoms with E-state index in [0.29, 0.717) is 0 Å². The van der Waals surface area contributed by atoms with Crippen LogP contribution in [0, 0.1) is 12.8 Å². The number of carbonyl (C=O) groups excluding carboxylic acids is 1. The highest BCUT2D eigenvalue weighted by Gasteiger charge is 2.26. The van der Waals surface area contributed by atoms with Gasteiger partial charge in [-0.3, -0.25) is 4.79 Å². The molecule has 3 heteroatoms. The van der Waals surface area contributed by atoms with Crippen LogP contribution in [-0.2, 0) is 17.6 Å². The molecule has 0 aliphatic heterocycles. The second-order valence-corrected chi connectivity index (χ2v) is 5.43. The molecule has 1 aliphatic rings. The molecular weight excluding hydrogens is 248 g/mol. The fraction of sp³-hybridized carbons (Fsp3) is 0.235. The van der Waals surface area contributed by atoms with Crippen LogP contribution in [0.15, 0.2) is 42.5 Å². The first-order valence-electron chi connectivity index (χ1n) is 6.87. The number of carbonyl (C=O) groups is 1. The van der Waals surface area contributed by atoms with Crippen LogP contribution in [0.3, 0.4) is 0 Å². The summed E-state index contributed by atoms with van der Waals surface area (Å²) in [6, 6.07) is 13.9. The van der Waals surface area contributed by atoms with Crippen molar-refractivity contribution in [2.24, 2.45) is 5.92 Å². The summed E-state index contributed by atoms with van der Waals surface area (Å²) >= 11 is 0. The number of hydrogen-bond donors (Lipinski definition) is 2. The van der Waals surface area contributed by atoms with Crippen LogP contribution in [-0.4, -0.2) is 5.91 Å². The lowest BCUT2D eigenvalue weighted by molar-refractivity contribution is -0.119. The Morgan fingerprint density at radius 2 is 1.80 bits per heavy atom. The van der Waals surface area contributed by atoms with Gasteiger partial charge in [0.2, 0.25) is 5.91 Å². The highest BCUT2D eigenvalue weighted by Crippen LogP contribution is 2.27. The lowest BCUT2D eigenvalue weighted by Crippen LogP contribution is -2.23. The molecule has 3 rings (SSSR count). The van der Waals surface area contributed by atoms with Gasteiger partial charge in [0.05, 0.1) is 0 Å². The van der Waals surface area contributed by atoms with Crippen LogP contribution in [0.5, 0.6) is 0 Å². The summed E-state index contributed by atoms with van der Waals surface area (Å²) in [4.78, 5) is 12.3. The van der Waals surface area contributed by atoms with Crippen molar-refractivity contribution in [3.63, 3.8) is 0 Å². The molecule has 1 amide bonds. The third-order valence-electron chi connectivity index (χ3n) is 3.96. The lowest BCUT2D eigenvalue weighted by atomic mass is 10.1. The Labute approximate surface area is 118 Å². The van der Waals surface area contributed by atoms with Gasteiger partial charge in [-0.1, -0.05) is 24.3 Å². The predicted molar refractivity (Wildman–Crippen MR) is 81.6 cm³/mol. The van der Waals surface area contributed by atoms with Crippen LogP contribution in [0.2, 0.25) is 0 Å². The smallest absolute Gasteiger partial charge is 0.228 e. The van der Waals surface area contributed by atoms with Crippen molar-refractivity contribution in [3.05, 3.63) is 59.2 Å². The molecule has 0 aromatic heterocycles. The van der Waals surface area contributed by atoms with Gasteiger partial charge in [0.1, 0.15) is 0 Å². The number of rotatable bonds is 2. The van der Waals surface area contributed by atoms with Gasteiger partial charge in [0, 0.05) is 17.3 Å². The molecule has 0 radical (unpaired) electrons. The fourth-order valence-electron chi connectivity index (χ4n) is 2.74. The quantitative estimate of drug-likeness (QED) is 0.821. The highest BCUT2D eigenvalue weighted by atomic mass is 16.1. The zero-order valence-corrected chi connectivity index (χ0v) is 11.5. The van der Waals surface area contributed by atoms with Crippen LogP contribution in [0.1, 0.15) is 16.7 Å². The van der Waals surface area contributed by atoms with Gasteiger partial charge < -0.3 is 11.1 Å². The van der Waals surface area contributed by atoms with E-state index < -0.39 is 0 Å². The van der Waals surface area contributed by atoms with Crippen molar-refractivity contribution in [3.8, 4) is 0 Å². The van der Waals surface area contributed by atoms with Crippen LogP contribution >= 0.6 is 0 Å². The Morgan fingerprint density at radius 3 is 2.40 bits per heavy atom. The first-order chi connectivity index (χ1) is 9.63. The summed E-state index contributed by atoms with van der Waals surface area (Å²) < 4.78 is 0. The minimum Gasteiger partial charge on any atom is -0.399 e. The topological polar surface area (TPSA) is 55.1 Å². The molecule has 20 heavy (non-hydrogen) atoms. The molecule has 3 nitrogen and oxygen atoms in total. The summed E-state index contributed by atoms with van der Waals surface area (Å²) in [7, 11) is 0. The van der Waals surface area contributed by atoms with Gasteiger partial charge in [-0.15, -0.1) is 0 Å². The summed E-state index contributed by atoms with van der Waals surface area (Å²) in [6.45, 7) is 1.94. The van der Waals surface area contributed by atoms with Crippen LogP contribution in [0.25, 0.3) is 0 Å². The Bertz CT molecular complexity index is 639. The summed E-state index contributed by atoms with van der Waals surface area (Å²) in [5.41, 5.74) is 10.9. The van der Waals surface area contributed by atoms with Gasteiger partial charge in [0.25, 0.3) is 0 Å². The van der Waals surface area contributed by atoms with E-state index in [9.17, 15) is 4.79 Å². The van der Waals surface area contributed by atoms with E-state index in [1.54, 1.807) is 0 Å². The van der Waals surface area contributed by atoms with Gasteiger partial charge in [-0.25, -0.2) is 0 Å². The zero-order valence-electron chi connectivity index (χ0n) is 11.5. The molecule has 102 valence electrons. The number of benzene rings is 2. The summed E-state index contributed by atoms with van der Waals surface area (Å²) in [5, 5.41) is 2.99. The Balaban J connectivity index is 1.71. The number of nitrogen functional groups attached to an aromatic ring is 1. The molecule has 1 aliphatic carbocycles. The van der Waals surface area contributed by atoms with Crippen molar-refractivity contribution >= 4 is 17.3 Å². The summed E-state index contributed by atoms with van der Waals surface area (Å²) in [6.07, 6.45) is 1.66. The first kappa shape index (κ1) is 12.7. The van der Waals surface area contributed by atoms with E-state index in [2.05, 4.69) is 17.4 Å². The van der Waals surface area contributed by atoms with Crippen molar-refractivity contribution in [2.75, 3.05) is 11.1 Å². The van der Waals surface area contributed by atoms with Gasteiger partial charge in [-0.05, 0) is 54.7 Å². The average Bonchev–Trinajstić information content (AvgIpc) is 2.87. The van der Waals surface area contributed by atoms with E-state index >= 15 is 0 Å². The van der Waals surface area contributed by atoms with Crippen molar-refractivity contribution in [2.45, 2.75) is 19.8 Å². The fourth-order valence-corrected chi connectivity index (χ4v) is 2.74. The number of anilines is 2. The molecule has 0 spiro atoms. The Kier molecular flexibility index (Phi) is 3.18. The maximum Gasteiger partial charge on any atom is 0.228 e. The Hall–Kier alpha value is -2.29. The largest absolute Gasteiger partial charge is 0.399 e. The van der Waals surface area contributed by atoms with E-state index in [1.165, 1.54) is 11.1 Å². The highest BCUT2D eigenvalue weighted by molar-refractivity contribution is 5.93. The predicted octanol–water partition coefficient (Wildman–Crippen LogP) is 2.93. The minimum atomic E-state index is 0.0326. The van der Waals surface area contributed by atoms with E-state index in [1.807, 2.05) is 37.3 Å². The SMILES string of the molecule is Cc1cc(NC(=O)C2Cc3ccccc3C2)ccc1N. The molecule has 3 N–H and O–H groups in total. The maximum absolute atomic E-state index is 12.3. The molecule has 0 saturated carbocycles. The standard InChI is InChI=1S/C17H18N2O/c1-11-8-15(6-7-16(11)18)19-17(20)14-9-12-4-2-3-5-13(12)10-14/h2-8,14H,9-10,18H2,1H3,(H,19,20). The molecular formula is C17H18N2O. The number of hydrogen-bond acceptors (Lipinski definition) is 2. The van der Waals surface area contributed by atoms with Crippen LogP contribution in [0.4, 0.5) is 11.4 Å². The monoisotopic (exact) mass is 266 g/mol. The second-order valence-electron chi connectivity index (χ2n) is 5.43. The molecule has 2 aromatic carbocycles. The number of aryl methyl sites for hydroxylation is 1.